The van der Waals surface area contributed by atoms with Crippen molar-refractivity contribution in [2.75, 3.05) is 18.2 Å². The molecule has 0 aliphatic heterocycles. The monoisotopic (exact) mass is 317 g/mol. The average molecular weight is 318 g/mol. The summed E-state index contributed by atoms with van der Waals surface area (Å²) < 4.78 is 6.01. The van der Waals surface area contributed by atoms with Crippen LogP contribution in [0.15, 0.2) is 40.9 Å². The zero-order chi connectivity index (χ0) is 13.8. The van der Waals surface area contributed by atoms with Gasteiger partial charge in [0.1, 0.15) is 5.75 Å². The van der Waals surface area contributed by atoms with Gasteiger partial charge in [-0.25, -0.2) is 0 Å². The van der Waals surface area contributed by atoms with E-state index in [2.05, 4.69) is 27.3 Å². The highest BCUT2D eigenvalue weighted by Gasteiger charge is 2.04. The number of nitrogens with zero attached hydrogens (tertiary/aromatic N) is 1. The van der Waals surface area contributed by atoms with E-state index in [4.69, 9.17) is 15.7 Å². The largest absolute Gasteiger partial charge is 0.496 e. The van der Waals surface area contributed by atoms with E-state index in [1.54, 1.807) is 25.3 Å². The molecule has 0 bridgehead atoms. The Morgan fingerprint density at radius 1 is 1.26 bits per heavy atom. The molecule has 2 rings (SSSR count). The lowest BCUT2D eigenvalue weighted by Gasteiger charge is -2.11. The molecule has 0 heterocycles. The Kier molecular flexibility index (Phi) is 3.93. The summed E-state index contributed by atoms with van der Waals surface area (Å²) in [7, 11) is 1.61. The predicted octanol–water partition coefficient (Wildman–Crippen LogP) is 3.66. The van der Waals surface area contributed by atoms with Crippen LogP contribution in [0.2, 0.25) is 0 Å². The van der Waals surface area contributed by atoms with Crippen LogP contribution in [-0.4, -0.2) is 7.11 Å². The van der Waals surface area contributed by atoms with E-state index >= 15 is 0 Å². The summed E-state index contributed by atoms with van der Waals surface area (Å²) in [6, 6.07) is 12.8. The molecule has 0 saturated carbocycles. The Labute approximate surface area is 119 Å². The van der Waals surface area contributed by atoms with Crippen molar-refractivity contribution in [2.24, 2.45) is 0 Å². The van der Waals surface area contributed by atoms with Gasteiger partial charge in [-0.3, -0.25) is 0 Å². The van der Waals surface area contributed by atoms with E-state index in [0.29, 0.717) is 16.9 Å². The Hall–Kier alpha value is -2.19. The fourth-order valence-corrected chi connectivity index (χ4v) is 2.17. The number of ether oxygens (including phenoxy) is 1. The van der Waals surface area contributed by atoms with E-state index < -0.39 is 0 Å². The summed E-state index contributed by atoms with van der Waals surface area (Å²) in [6.07, 6.45) is 0. The smallest absolute Gasteiger partial charge is 0.133 e. The first-order valence-electron chi connectivity index (χ1n) is 5.54. The Balaban J connectivity index is 2.31. The SMILES string of the molecule is COc1ccc(Nc2cc(C#N)ccc2N)cc1Br. The standard InChI is InChI=1S/C14H12BrN3O/c1-19-14-5-3-10(7-11(14)15)18-13-6-9(8-16)2-4-12(13)17/h2-7,18H,17H2,1H3. The summed E-state index contributed by atoms with van der Waals surface area (Å²) >= 11 is 3.42. The van der Waals surface area contributed by atoms with Crippen LogP contribution >= 0.6 is 15.9 Å². The molecule has 3 N–H and O–H groups in total. The molecule has 0 aromatic heterocycles. The van der Waals surface area contributed by atoms with Crippen LogP contribution in [0.5, 0.6) is 5.75 Å². The number of benzene rings is 2. The van der Waals surface area contributed by atoms with Crippen molar-refractivity contribution in [1.29, 1.82) is 5.26 Å². The number of methoxy groups -OCH3 is 1. The molecule has 0 amide bonds. The van der Waals surface area contributed by atoms with Crippen molar-refractivity contribution >= 4 is 33.0 Å². The maximum Gasteiger partial charge on any atom is 0.133 e. The number of halogens is 1. The van der Waals surface area contributed by atoms with Crippen LogP contribution in [-0.2, 0) is 0 Å². The van der Waals surface area contributed by atoms with Crippen molar-refractivity contribution in [2.45, 2.75) is 0 Å². The number of nitrogen functional groups attached to an aromatic ring is 1. The van der Waals surface area contributed by atoms with Crippen molar-refractivity contribution in [3.63, 3.8) is 0 Å². The van der Waals surface area contributed by atoms with Crippen molar-refractivity contribution in [3.8, 4) is 11.8 Å². The Morgan fingerprint density at radius 2 is 2.05 bits per heavy atom. The fraction of sp³-hybridized carbons (Fsp3) is 0.0714. The minimum atomic E-state index is 0.560. The number of anilines is 3. The van der Waals surface area contributed by atoms with E-state index in [-0.39, 0.29) is 0 Å². The molecule has 0 saturated heterocycles. The highest BCUT2D eigenvalue weighted by Crippen LogP contribution is 2.30. The number of hydrogen-bond donors (Lipinski definition) is 2. The summed E-state index contributed by atoms with van der Waals surface area (Å²) in [5, 5.41) is 12.1. The zero-order valence-electron chi connectivity index (χ0n) is 10.3. The third-order valence-electron chi connectivity index (χ3n) is 2.61. The molecule has 0 unspecified atom stereocenters. The van der Waals surface area contributed by atoms with E-state index in [0.717, 1.165) is 15.9 Å². The Morgan fingerprint density at radius 3 is 2.68 bits per heavy atom. The molecule has 0 radical (unpaired) electrons. The molecule has 96 valence electrons. The van der Waals surface area contributed by atoms with Gasteiger partial charge in [0.25, 0.3) is 0 Å². The van der Waals surface area contributed by atoms with Crippen LogP contribution in [0.3, 0.4) is 0 Å². The van der Waals surface area contributed by atoms with Gasteiger partial charge in [0.15, 0.2) is 0 Å². The van der Waals surface area contributed by atoms with Gasteiger partial charge < -0.3 is 15.8 Å². The second kappa shape index (κ2) is 5.63. The second-order valence-electron chi connectivity index (χ2n) is 3.89. The van der Waals surface area contributed by atoms with Crippen LogP contribution in [0.4, 0.5) is 17.1 Å². The summed E-state index contributed by atoms with van der Waals surface area (Å²) in [5.41, 5.74) is 8.59. The average Bonchev–Trinajstić information content (AvgIpc) is 2.41. The highest BCUT2D eigenvalue weighted by molar-refractivity contribution is 9.10. The highest BCUT2D eigenvalue weighted by atomic mass is 79.9. The summed E-state index contributed by atoms with van der Waals surface area (Å²) in [4.78, 5) is 0. The minimum absolute atomic E-state index is 0.560. The number of nitriles is 1. The maximum atomic E-state index is 8.89. The lowest BCUT2D eigenvalue weighted by atomic mass is 10.2. The van der Waals surface area contributed by atoms with Gasteiger partial charge in [-0.15, -0.1) is 0 Å². The van der Waals surface area contributed by atoms with Crippen molar-refractivity contribution < 1.29 is 4.74 Å². The summed E-state index contributed by atoms with van der Waals surface area (Å²) in [6.45, 7) is 0. The molecule has 0 atom stereocenters. The van der Waals surface area contributed by atoms with Gasteiger partial charge in [-0.05, 0) is 52.3 Å². The Bertz CT molecular complexity index is 650. The van der Waals surface area contributed by atoms with Gasteiger partial charge in [0.2, 0.25) is 0 Å². The van der Waals surface area contributed by atoms with E-state index in [1.807, 2.05) is 18.2 Å². The first kappa shape index (κ1) is 13.2. The molecule has 0 aliphatic carbocycles. The molecule has 0 fully saturated rings. The molecule has 2 aromatic rings. The molecule has 0 aliphatic rings. The zero-order valence-corrected chi connectivity index (χ0v) is 11.9. The molecule has 19 heavy (non-hydrogen) atoms. The maximum absolute atomic E-state index is 8.89. The van der Waals surface area contributed by atoms with Crippen LogP contribution in [0, 0.1) is 11.3 Å². The normalized spacial score (nSPS) is 9.74. The number of nitrogens with two attached hydrogens (primary N) is 1. The van der Waals surface area contributed by atoms with Crippen LogP contribution in [0.1, 0.15) is 5.56 Å². The lowest BCUT2D eigenvalue weighted by molar-refractivity contribution is 0.412. The molecular formula is C14H12BrN3O. The first-order chi connectivity index (χ1) is 9.13. The minimum Gasteiger partial charge on any atom is -0.496 e. The molecule has 0 spiro atoms. The van der Waals surface area contributed by atoms with Crippen molar-refractivity contribution in [1.82, 2.24) is 0 Å². The van der Waals surface area contributed by atoms with E-state index in [1.165, 1.54) is 0 Å². The van der Waals surface area contributed by atoms with Gasteiger partial charge in [-0.1, -0.05) is 0 Å². The predicted molar refractivity (Wildman–Crippen MR) is 79.5 cm³/mol. The van der Waals surface area contributed by atoms with Gasteiger partial charge in [0, 0.05) is 5.69 Å². The molecule has 5 heteroatoms. The number of nitrogens with one attached hydrogen (secondary N) is 1. The van der Waals surface area contributed by atoms with Gasteiger partial charge in [-0.2, -0.15) is 5.26 Å². The molecule has 2 aromatic carbocycles. The topological polar surface area (TPSA) is 71.1 Å². The number of hydrogen-bond acceptors (Lipinski definition) is 4. The molecule has 4 nitrogen and oxygen atoms in total. The van der Waals surface area contributed by atoms with Gasteiger partial charge in [0.05, 0.1) is 34.6 Å². The third-order valence-corrected chi connectivity index (χ3v) is 3.23. The second-order valence-corrected chi connectivity index (χ2v) is 4.74. The lowest BCUT2D eigenvalue weighted by Crippen LogP contribution is -1.97. The quantitative estimate of drug-likeness (QED) is 0.847. The molecular weight excluding hydrogens is 306 g/mol. The van der Waals surface area contributed by atoms with E-state index in [9.17, 15) is 0 Å². The number of rotatable bonds is 3. The summed E-state index contributed by atoms with van der Waals surface area (Å²) in [5.74, 6) is 0.754. The van der Waals surface area contributed by atoms with Crippen molar-refractivity contribution in [3.05, 3.63) is 46.4 Å². The van der Waals surface area contributed by atoms with Crippen LogP contribution in [0.25, 0.3) is 0 Å². The first-order valence-corrected chi connectivity index (χ1v) is 6.33. The fourth-order valence-electron chi connectivity index (χ4n) is 1.63. The van der Waals surface area contributed by atoms with Crippen LogP contribution < -0.4 is 15.8 Å². The van der Waals surface area contributed by atoms with Gasteiger partial charge >= 0.3 is 0 Å². The third kappa shape index (κ3) is 2.98.